The molecule has 1 aliphatic rings. The first-order valence-electron chi connectivity index (χ1n) is 9.82. The van der Waals surface area contributed by atoms with E-state index in [0.717, 1.165) is 22.0 Å². The molecule has 0 saturated carbocycles. The smallest absolute Gasteiger partial charge is 0.344 e. The van der Waals surface area contributed by atoms with Gasteiger partial charge in [-0.3, -0.25) is 4.79 Å². The van der Waals surface area contributed by atoms with Gasteiger partial charge in [-0.25, -0.2) is 8.42 Å². The van der Waals surface area contributed by atoms with Crippen LogP contribution in [0.25, 0.3) is 22.0 Å². The molecule has 1 aliphatic heterocycles. The standard InChI is InChI=1S/C22H18F3N3O3S/c23-22(24,25)32(30,31)27-8-6-18(7-9-27)28-13-20(17-3-1-2-15(10-17)12-26)19-5-4-16(14-29)11-21(19)28/h1-5,10-11,13-14,18H,6-9H2. The van der Waals surface area contributed by atoms with Crippen LogP contribution in [0.1, 0.15) is 34.8 Å². The number of nitriles is 1. The first-order chi connectivity index (χ1) is 15.2. The summed E-state index contributed by atoms with van der Waals surface area (Å²) in [6.07, 6.45) is 2.96. The lowest BCUT2D eigenvalue weighted by atomic mass is 10.0. The van der Waals surface area contributed by atoms with Crippen LogP contribution in [0, 0.1) is 11.3 Å². The number of carbonyl (C=O) groups is 1. The number of piperidine rings is 1. The van der Waals surface area contributed by atoms with Crippen LogP contribution in [0.3, 0.4) is 0 Å². The third-order valence-corrected chi connectivity index (χ3v) is 7.38. The second-order valence-electron chi connectivity index (χ2n) is 7.62. The second kappa shape index (κ2) is 8.07. The molecule has 1 saturated heterocycles. The first-order valence-corrected chi connectivity index (χ1v) is 11.3. The highest BCUT2D eigenvalue weighted by atomic mass is 32.2. The van der Waals surface area contributed by atoms with E-state index in [2.05, 4.69) is 6.07 Å². The van der Waals surface area contributed by atoms with Gasteiger partial charge in [0, 0.05) is 47.4 Å². The Morgan fingerprint density at radius 2 is 1.81 bits per heavy atom. The lowest BCUT2D eigenvalue weighted by molar-refractivity contribution is -0.0496. The van der Waals surface area contributed by atoms with Gasteiger partial charge in [0.25, 0.3) is 0 Å². The van der Waals surface area contributed by atoms with Crippen molar-refractivity contribution in [2.75, 3.05) is 13.1 Å². The Balaban J connectivity index is 1.73. The van der Waals surface area contributed by atoms with Crippen molar-refractivity contribution >= 4 is 27.2 Å². The quantitative estimate of drug-likeness (QED) is 0.537. The molecule has 2 heterocycles. The average molecular weight is 461 g/mol. The van der Waals surface area contributed by atoms with E-state index in [-0.39, 0.29) is 32.0 Å². The van der Waals surface area contributed by atoms with Crippen molar-refractivity contribution in [1.82, 2.24) is 8.87 Å². The molecule has 0 radical (unpaired) electrons. The molecule has 0 aliphatic carbocycles. The van der Waals surface area contributed by atoms with Crippen molar-refractivity contribution < 1.29 is 26.4 Å². The summed E-state index contributed by atoms with van der Waals surface area (Å²) in [5.74, 6) is 0. The van der Waals surface area contributed by atoms with Gasteiger partial charge >= 0.3 is 15.5 Å². The molecule has 1 fully saturated rings. The van der Waals surface area contributed by atoms with E-state index in [4.69, 9.17) is 0 Å². The van der Waals surface area contributed by atoms with Gasteiger partial charge in [0.1, 0.15) is 6.29 Å². The van der Waals surface area contributed by atoms with E-state index in [1.54, 1.807) is 36.4 Å². The van der Waals surface area contributed by atoms with Gasteiger partial charge in [-0.05, 0) is 36.6 Å². The summed E-state index contributed by atoms with van der Waals surface area (Å²) in [7, 11) is -5.36. The molecule has 0 spiro atoms. The summed E-state index contributed by atoms with van der Waals surface area (Å²) in [5, 5.41) is 10.0. The van der Waals surface area contributed by atoms with E-state index in [9.17, 15) is 31.6 Å². The fraction of sp³-hybridized carbons (Fsp3) is 0.273. The number of hydrogen-bond donors (Lipinski definition) is 0. The van der Waals surface area contributed by atoms with Crippen molar-refractivity contribution in [3.8, 4) is 17.2 Å². The Hall–Kier alpha value is -3.16. The van der Waals surface area contributed by atoms with Crippen LogP contribution >= 0.6 is 0 Å². The Morgan fingerprint density at radius 1 is 1.09 bits per heavy atom. The van der Waals surface area contributed by atoms with Gasteiger partial charge in [-0.1, -0.05) is 24.3 Å². The number of halogens is 3. The Labute approximate surface area is 182 Å². The van der Waals surface area contributed by atoms with E-state index in [1.807, 2.05) is 16.8 Å². The zero-order valence-corrected chi connectivity index (χ0v) is 17.5. The van der Waals surface area contributed by atoms with Crippen molar-refractivity contribution in [3.05, 3.63) is 59.8 Å². The molecule has 0 N–H and O–H groups in total. The van der Waals surface area contributed by atoms with Gasteiger partial charge in [0.05, 0.1) is 11.6 Å². The predicted molar refractivity (Wildman–Crippen MR) is 112 cm³/mol. The summed E-state index contributed by atoms with van der Waals surface area (Å²) in [6, 6.07) is 14.1. The van der Waals surface area contributed by atoms with Crippen LogP contribution < -0.4 is 0 Å². The van der Waals surface area contributed by atoms with E-state index >= 15 is 0 Å². The molecule has 32 heavy (non-hydrogen) atoms. The number of hydrogen-bond acceptors (Lipinski definition) is 4. The van der Waals surface area contributed by atoms with Crippen LogP contribution in [0.4, 0.5) is 13.2 Å². The van der Waals surface area contributed by atoms with Crippen molar-refractivity contribution in [2.24, 2.45) is 0 Å². The number of nitrogens with zero attached hydrogens (tertiary/aromatic N) is 3. The fourth-order valence-electron chi connectivity index (χ4n) is 4.14. The zero-order chi connectivity index (χ0) is 23.1. The molecule has 2 aromatic carbocycles. The second-order valence-corrected chi connectivity index (χ2v) is 9.55. The number of sulfonamides is 1. The Bertz CT molecular complexity index is 1330. The zero-order valence-electron chi connectivity index (χ0n) is 16.7. The molecular formula is C22H18F3N3O3S. The summed E-state index contributed by atoms with van der Waals surface area (Å²) < 4.78 is 64.5. The summed E-state index contributed by atoms with van der Waals surface area (Å²) in [5.41, 5.74) is -2.05. The topological polar surface area (TPSA) is 83.2 Å². The number of carbonyl (C=O) groups excluding carboxylic acids is 1. The van der Waals surface area contributed by atoms with Gasteiger partial charge in [0.15, 0.2) is 0 Å². The third-order valence-electron chi connectivity index (χ3n) is 5.75. The minimum Gasteiger partial charge on any atom is -0.344 e. The van der Waals surface area contributed by atoms with E-state index in [0.29, 0.717) is 21.7 Å². The molecule has 4 rings (SSSR count). The van der Waals surface area contributed by atoms with Crippen LogP contribution in [-0.4, -0.2) is 42.2 Å². The number of benzene rings is 2. The molecule has 0 bridgehead atoms. The van der Waals surface area contributed by atoms with Crippen molar-refractivity contribution in [2.45, 2.75) is 24.4 Å². The molecule has 6 nitrogen and oxygen atoms in total. The monoisotopic (exact) mass is 461 g/mol. The maximum atomic E-state index is 12.9. The lowest BCUT2D eigenvalue weighted by Crippen LogP contribution is -2.45. The Morgan fingerprint density at radius 3 is 2.44 bits per heavy atom. The van der Waals surface area contributed by atoms with E-state index < -0.39 is 15.5 Å². The van der Waals surface area contributed by atoms with Crippen molar-refractivity contribution in [3.63, 3.8) is 0 Å². The number of aldehydes is 1. The number of aromatic nitrogens is 1. The number of alkyl halides is 3. The molecule has 166 valence electrons. The number of fused-ring (bicyclic) bond motifs is 1. The van der Waals surface area contributed by atoms with Crippen LogP contribution in [0.5, 0.6) is 0 Å². The molecule has 3 aromatic rings. The highest BCUT2D eigenvalue weighted by Crippen LogP contribution is 2.37. The maximum Gasteiger partial charge on any atom is 0.511 e. The van der Waals surface area contributed by atoms with Crippen molar-refractivity contribution in [1.29, 1.82) is 5.26 Å². The SMILES string of the molecule is N#Cc1cccc(-c2cn(C3CCN(S(=O)(=O)C(F)(F)F)CC3)c3cc(C=O)ccc23)c1. The highest BCUT2D eigenvalue weighted by molar-refractivity contribution is 7.90. The minimum absolute atomic E-state index is 0.197. The molecule has 0 amide bonds. The Kier molecular flexibility index (Phi) is 5.56. The predicted octanol–water partition coefficient (Wildman–Crippen LogP) is 4.48. The molecular weight excluding hydrogens is 443 g/mol. The normalized spacial score (nSPS) is 16.2. The van der Waals surface area contributed by atoms with E-state index in [1.165, 1.54) is 0 Å². The van der Waals surface area contributed by atoms with Crippen LogP contribution in [0.2, 0.25) is 0 Å². The summed E-state index contributed by atoms with van der Waals surface area (Å²) >= 11 is 0. The van der Waals surface area contributed by atoms with Gasteiger partial charge in [-0.2, -0.15) is 22.7 Å². The molecule has 0 atom stereocenters. The summed E-state index contributed by atoms with van der Waals surface area (Å²) in [6.45, 7) is -0.502. The maximum absolute atomic E-state index is 12.9. The summed E-state index contributed by atoms with van der Waals surface area (Å²) in [4.78, 5) is 11.3. The molecule has 0 unspecified atom stereocenters. The molecule has 1 aromatic heterocycles. The average Bonchev–Trinajstić information content (AvgIpc) is 3.17. The fourth-order valence-corrected chi connectivity index (χ4v) is 5.12. The van der Waals surface area contributed by atoms with Crippen LogP contribution in [-0.2, 0) is 10.0 Å². The highest BCUT2D eigenvalue weighted by Gasteiger charge is 2.50. The lowest BCUT2D eigenvalue weighted by Gasteiger charge is -2.32. The first kappa shape index (κ1) is 22.0. The van der Waals surface area contributed by atoms with Gasteiger partial charge in [0.2, 0.25) is 0 Å². The minimum atomic E-state index is -5.36. The molecule has 10 heteroatoms. The van der Waals surface area contributed by atoms with Gasteiger partial charge in [-0.15, -0.1) is 0 Å². The third kappa shape index (κ3) is 3.78. The van der Waals surface area contributed by atoms with Gasteiger partial charge < -0.3 is 4.57 Å². The largest absolute Gasteiger partial charge is 0.511 e. The number of rotatable bonds is 4. The van der Waals surface area contributed by atoms with Crippen LogP contribution in [0.15, 0.2) is 48.7 Å².